The summed E-state index contributed by atoms with van der Waals surface area (Å²) in [5, 5.41) is 0.270. The molecule has 1 unspecified atom stereocenters. The van der Waals surface area contributed by atoms with Crippen LogP contribution in [-0.2, 0) is 16.0 Å². The second-order valence-electron chi connectivity index (χ2n) is 5.33. The first-order chi connectivity index (χ1) is 8.27. The molecule has 0 fully saturated rings. The van der Waals surface area contributed by atoms with Crippen LogP contribution in [0.1, 0.15) is 26.3 Å². The zero-order chi connectivity index (χ0) is 13.9. The van der Waals surface area contributed by atoms with Gasteiger partial charge in [-0.15, -0.1) is 0 Å². The first-order valence-electron chi connectivity index (χ1n) is 5.75. The summed E-state index contributed by atoms with van der Waals surface area (Å²) < 4.78 is 18.8. The molecule has 0 aliphatic heterocycles. The predicted octanol–water partition coefficient (Wildman–Crippen LogP) is 3.65. The van der Waals surface area contributed by atoms with Gasteiger partial charge in [0.15, 0.2) is 5.78 Å². The molecule has 0 aliphatic rings. The Kier molecular flexibility index (Phi) is 4.88. The fourth-order valence-corrected chi connectivity index (χ4v) is 2.17. The molecular weight excluding hydrogens is 255 g/mol. The Morgan fingerprint density at radius 2 is 2.06 bits per heavy atom. The van der Waals surface area contributed by atoms with Gasteiger partial charge >= 0.3 is 0 Å². The third-order valence-electron chi connectivity index (χ3n) is 2.73. The van der Waals surface area contributed by atoms with Gasteiger partial charge in [-0.3, -0.25) is 4.79 Å². The monoisotopic (exact) mass is 272 g/mol. The topological polar surface area (TPSA) is 26.3 Å². The van der Waals surface area contributed by atoms with E-state index in [4.69, 9.17) is 16.3 Å². The van der Waals surface area contributed by atoms with Crippen molar-refractivity contribution in [2.45, 2.75) is 33.3 Å². The molecule has 0 amide bonds. The number of carbonyl (C=O) groups excluding carboxylic acids is 1. The van der Waals surface area contributed by atoms with Crippen LogP contribution >= 0.6 is 11.6 Å². The summed E-state index contributed by atoms with van der Waals surface area (Å²) >= 11 is 5.90. The van der Waals surface area contributed by atoms with Gasteiger partial charge in [-0.25, -0.2) is 4.39 Å². The first kappa shape index (κ1) is 15.1. The molecule has 18 heavy (non-hydrogen) atoms. The minimum atomic E-state index is -0.576. The zero-order valence-electron chi connectivity index (χ0n) is 11.1. The normalized spacial score (nSPS) is 13.4. The van der Waals surface area contributed by atoms with Crippen LogP contribution in [0.4, 0.5) is 4.39 Å². The van der Waals surface area contributed by atoms with Crippen molar-refractivity contribution in [3.63, 3.8) is 0 Å². The Hall–Kier alpha value is -0.930. The van der Waals surface area contributed by atoms with Crippen LogP contribution in [0.25, 0.3) is 0 Å². The van der Waals surface area contributed by atoms with Crippen molar-refractivity contribution in [2.24, 2.45) is 5.41 Å². The number of benzene rings is 1. The summed E-state index contributed by atoms with van der Waals surface area (Å²) in [6.45, 7) is 5.71. The number of carbonyl (C=O) groups is 1. The lowest BCUT2D eigenvalue weighted by Crippen LogP contribution is -2.37. The van der Waals surface area contributed by atoms with E-state index < -0.39 is 11.9 Å². The number of ketones is 1. The SMILES string of the molecule is COC(C(=O)Cc1c(F)cccc1Cl)C(C)(C)C. The van der Waals surface area contributed by atoms with Gasteiger partial charge in [0.05, 0.1) is 0 Å². The Morgan fingerprint density at radius 1 is 1.44 bits per heavy atom. The maximum absolute atomic E-state index is 13.6. The molecule has 0 aliphatic carbocycles. The van der Waals surface area contributed by atoms with E-state index in [-0.39, 0.29) is 28.2 Å². The molecule has 100 valence electrons. The number of methoxy groups -OCH3 is 1. The maximum atomic E-state index is 13.6. The van der Waals surface area contributed by atoms with E-state index in [1.165, 1.54) is 19.2 Å². The van der Waals surface area contributed by atoms with Crippen LogP contribution in [0.5, 0.6) is 0 Å². The molecule has 1 atom stereocenters. The lowest BCUT2D eigenvalue weighted by Gasteiger charge is -2.28. The van der Waals surface area contributed by atoms with Crippen molar-refractivity contribution >= 4 is 17.4 Å². The van der Waals surface area contributed by atoms with E-state index in [0.29, 0.717) is 0 Å². The summed E-state index contributed by atoms with van der Waals surface area (Å²) in [6.07, 6.45) is -0.630. The van der Waals surface area contributed by atoms with Crippen molar-refractivity contribution in [3.05, 3.63) is 34.6 Å². The second kappa shape index (κ2) is 5.81. The van der Waals surface area contributed by atoms with Gasteiger partial charge in [-0.2, -0.15) is 0 Å². The molecule has 0 bridgehead atoms. The quantitative estimate of drug-likeness (QED) is 0.836. The first-order valence-corrected chi connectivity index (χ1v) is 6.13. The molecule has 1 aromatic carbocycles. The molecule has 0 radical (unpaired) electrons. The standard InChI is InChI=1S/C14H18ClFO2/c1-14(2,3)13(18-4)12(17)8-9-10(15)6-5-7-11(9)16/h5-7,13H,8H2,1-4H3. The molecule has 1 aromatic rings. The van der Waals surface area contributed by atoms with Gasteiger partial charge in [0, 0.05) is 24.1 Å². The highest BCUT2D eigenvalue weighted by Gasteiger charge is 2.31. The fourth-order valence-electron chi connectivity index (χ4n) is 1.94. The average Bonchev–Trinajstić information content (AvgIpc) is 2.22. The van der Waals surface area contributed by atoms with Crippen LogP contribution in [0.2, 0.25) is 5.02 Å². The Labute approximate surface area is 112 Å². The third-order valence-corrected chi connectivity index (χ3v) is 3.08. The Balaban J connectivity index is 2.94. The number of Topliss-reactive ketones (excluding diaryl/α,β-unsaturated/α-hetero) is 1. The molecule has 0 heterocycles. The summed E-state index contributed by atoms with van der Waals surface area (Å²) in [4.78, 5) is 12.1. The van der Waals surface area contributed by atoms with E-state index in [1.54, 1.807) is 6.07 Å². The van der Waals surface area contributed by atoms with Gasteiger partial charge in [0.1, 0.15) is 11.9 Å². The molecule has 4 heteroatoms. The highest BCUT2D eigenvalue weighted by atomic mass is 35.5. The van der Waals surface area contributed by atoms with Crippen molar-refractivity contribution < 1.29 is 13.9 Å². The van der Waals surface area contributed by atoms with Crippen LogP contribution < -0.4 is 0 Å². The van der Waals surface area contributed by atoms with Crippen molar-refractivity contribution in [1.29, 1.82) is 0 Å². The lowest BCUT2D eigenvalue weighted by atomic mass is 9.84. The van der Waals surface area contributed by atoms with Crippen LogP contribution in [-0.4, -0.2) is 19.0 Å². The number of halogens is 2. The molecule has 0 saturated carbocycles. The predicted molar refractivity (Wildman–Crippen MR) is 70.4 cm³/mol. The Morgan fingerprint density at radius 3 is 2.50 bits per heavy atom. The number of hydrogen-bond acceptors (Lipinski definition) is 2. The molecule has 2 nitrogen and oxygen atoms in total. The summed E-state index contributed by atoms with van der Waals surface area (Å²) in [6, 6.07) is 4.39. The second-order valence-corrected chi connectivity index (χ2v) is 5.73. The molecule has 1 rings (SSSR count). The van der Waals surface area contributed by atoms with Crippen molar-refractivity contribution in [1.82, 2.24) is 0 Å². The van der Waals surface area contributed by atoms with E-state index in [1.807, 2.05) is 20.8 Å². The van der Waals surface area contributed by atoms with Gasteiger partial charge in [-0.1, -0.05) is 38.4 Å². The van der Waals surface area contributed by atoms with E-state index >= 15 is 0 Å². The highest BCUT2D eigenvalue weighted by Crippen LogP contribution is 2.26. The summed E-state index contributed by atoms with van der Waals surface area (Å²) in [7, 11) is 1.48. The van der Waals surface area contributed by atoms with Crippen molar-refractivity contribution in [3.8, 4) is 0 Å². The maximum Gasteiger partial charge on any atom is 0.166 e. The Bertz CT molecular complexity index is 418. The molecule has 0 aromatic heterocycles. The number of rotatable bonds is 4. The number of ether oxygens (including phenoxy) is 1. The van der Waals surface area contributed by atoms with Crippen LogP contribution in [0, 0.1) is 11.2 Å². The highest BCUT2D eigenvalue weighted by molar-refractivity contribution is 6.31. The molecule has 0 spiro atoms. The van der Waals surface area contributed by atoms with Gasteiger partial charge in [0.25, 0.3) is 0 Å². The summed E-state index contributed by atoms with van der Waals surface area (Å²) in [5.74, 6) is -0.628. The largest absolute Gasteiger partial charge is 0.373 e. The smallest absolute Gasteiger partial charge is 0.166 e. The van der Waals surface area contributed by atoms with Crippen LogP contribution in [0.15, 0.2) is 18.2 Å². The lowest BCUT2D eigenvalue weighted by molar-refractivity contribution is -0.134. The minimum Gasteiger partial charge on any atom is -0.373 e. The van der Waals surface area contributed by atoms with E-state index in [2.05, 4.69) is 0 Å². The molecule has 0 saturated heterocycles. The van der Waals surface area contributed by atoms with Gasteiger partial charge < -0.3 is 4.74 Å². The van der Waals surface area contributed by atoms with E-state index in [9.17, 15) is 9.18 Å². The van der Waals surface area contributed by atoms with Gasteiger partial charge in [0.2, 0.25) is 0 Å². The van der Waals surface area contributed by atoms with E-state index in [0.717, 1.165) is 0 Å². The molecule has 0 N–H and O–H groups in total. The van der Waals surface area contributed by atoms with Gasteiger partial charge in [-0.05, 0) is 17.5 Å². The zero-order valence-corrected chi connectivity index (χ0v) is 11.8. The molecular formula is C14H18ClFO2. The average molecular weight is 273 g/mol. The number of hydrogen-bond donors (Lipinski definition) is 0. The third kappa shape index (κ3) is 3.53. The summed E-state index contributed by atoms with van der Waals surface area (Å²) in [5.41, 5.74) is -0.0979. The van der Waals surface area contributed by atoms with Crippen LogP contribution in [0.3, 0.4) is 0 Å². The van der Waals surface area contributed by atoms with Crippen molar-refractivity contribution in [2.75, 3.05) is 7.11 Å². The fraction of sp³-hybridized carbons (Fsp3) is 0.500. The minimum absolute atomic E-state index is 0.0543.